The second-order valence-corrected chi connectivity index (χ2v) is 6.69. The zero-order valence-electron chi connectivity index (χ0n) is 11.7. The molecule has 2 rings (SSSR count). The average molecular weight is 324 g/mol. The molecule has 19 heavy (non-hydrogen) atoms. The zero-order valence-corrected chi connectivity index (χ0v) is 13.3. The van der Waals surface area contributed by atoms with Gasteiger partial charge in [0.25, 0.3) is 5.91 Å². The molecule has 1 aliphatic carbocycles. The van der Waals surface area contributed by atoms with Gasteiger partial charge in [0.15, 0.2) is 0 Å². The van der Waals surface area contributed by atoms with E-state index in [1.54, 1.807) is 0 Å². The molecular weight excluding hydrogens is 302 g/mol. The van der Waals surface area contributed by atoms with Crippen LogP contribution in [0.3, 0.4) is 0 Å². The van der Waals surface area contributed by atoms with E-state index in [2.05, 4.69) is 35.1 Å². The lowest BCUT2D eigenvalue weighted by molar-refractivity contribution is 0.0944. The van der Waals surface area contributed by atoms with Gasteiger partial charge in [-0.2, -0.15) is 0 Å². The highest BCUT2D eigenvalue weighted by Gasteiger charge is 2.41. The van der Waals surface area contributed by atoms with E-state index < -0.39 is 0 Å². The molecule has 0 spiro atoms. The summed E-state index contributed by atoms with van der Waals surface area (Å²) in [4.78, 5) is 12.1. The maximum atomic E-state index is 12.1. The summed E-state index contributed by atoms with van der Waals surface area (Å²) in [5.74, 6) is 0.557. The van der Waals surface area contributed by atoms with Crippen molar-refractivity contribution in [2.45, 2.75) is 39.0 Å². The summed E-state index contributed by atoms with van der Waals surface area (Å²) >= 11 is 3.49. The topological polar surface area (TPSA) is 29.1 Å². The Morgan fingerprint density at radius 1 is 1.32 bits per heavy atom. The Morgan fingerprint density at radius 2 is 1.95 bits per heavy atom. The van der Waals surface area contributed by atoms with Crippen molar-refractivity contribution in [1.29, 1.82) is 0 Å². The third-order valence-electron chi connectivity index (χ3n) is 4.05. The van der Waals surface area contributed by atoms with Gasteiger partial charge in [-0.15, -0.1) is 0 Å². The Hall–Kier alpha value is -0.830. The van der Waals surface area contributed by atoms with E-state index in [-0.39, 0.29) is 5.91 Å². The number of hydrogen-bond acceptors (Lipinski definition) is 1. The largest absolute Gasteiger partial charge is 0.351 e. The molecule has 0 heterocycles. The van der Waals surface area contributed by atoms with Crippen LogP contribution in [-0.2, 0) is 0 Å². The summed E-state index contributed by atoms with van der Waals surface area (Å²) in [7, 11) is 0. The van der Waals surface area contributed by atoms with Crippen LogP contribution in [0.2, 0.25) is 0 Å². The van der Waals surface area contributed by atoms with Gasteiger partial charge >= 0.3 is 0 Å². The smallest absolute Gasteiger partial charge is 0.251 e. The van der Waals surface area contributed by atoms with Gasteiger partial charge in [0.1, 0.15) is 0 Å². The maximum absolute atomic E-state index is 12.1. The first-order chi connectivity index (χ1) is 9.06. The normalized spacial score (nSPS) is 16.4. The number of alkyl halides is 1. The lowest BCUT2D eigenvalue weighted by atomic mass is 10.0. The predicted molar refractivity (Wildman–Crippen MR) is 82.9 cm³/mol. The minimum Gasteiger partial charge on any atom is -0.351 e. The maximum Gasteiger partial charge on any atom is 0.251 e. The van der Waals surface area contributed by atoms with Gasteiger partial charge in [-0.1, -0.05) is 41.9 Å². The molecule has 0 saturated heterocycles. The SMILES string of the molecule is CC(C)c1ccc(C(=O)NCC2(CCBr)CC2)cc1. The lowest BCUT2D eigenvalue weighted by Gasteiger charge is -2.14. The fourth-order valence-electron chi connectivity index (χ4n) is 2.28. The van der Waals surface area contributed by atoms with E-state index in [0.717, 1.165) is 23.9 Å². The van der Waals surface area contributed by atoms with E-state index >= 15 is 0 Å². The first kappa shape index (κ1) is 14.6. The summed E-state index contributed by atoms with van der Waals surface area (Å²) in [6.45, 7) is 5.13. The van der Waals surface area contributed by atoms with E-state index in [4.69, 9.17) is 0 Å². The molecule has 1 fully saturated rings. The number of halogens is 1. The number of hydrogen-bond donors (Lipinski definition) is 1. The molecule has 1 aliphatic rings. The van der Waals surface area contributed by atoms with Crippen LogP contribution in [0.15, 0.2) is 24.3 Å². The molecule has 1 saturated carbocycles. The third kappa shape index (κ3) is 3.82. The lowest BCUT2D eigenvalue weighted by Crippen LogP contribution is -2.30. The Morgan fingerprint density at radius 3 is 2.42 bits per heavy atom. The van der Waals surface area contributed by atoms with E-state index in [1.165, 1.54) is 18.4 Å². The first-order valence-corrected chi connectivity index (χ1v) is 8.13. The Balaban J connectivity index is 1.89. The molecule has 1 aromatic rings. The van der Waals surface area contributed by atoms with Crippen molar-refractivity contribution in [3.05, 3.63) is 35.4 Å². The number of amides is 1. The van der Waals surface area contributed by atoms with Crippen molar-refractivity contribution in [1.82, 2.24) is 5.32 Å². The minimum atomic E-state index is 0.0520. The van der Waals surface area contributed by atoms with Crippen molar-refractivity contribution in [2.75, 3.05) is 11.9 Å². The van der Waals surface area contributed by atoms with E-state index in [0.29, 0.717) is 11.3 Å². The van der Waals surface area contributed by atoms with E-state index in [1.807, 2.05) is 24.3 Å². The summed E-state index contributed by atoms with van der Waals surface area (Å²) in [6, 6.07) is 7.94. The van der Waals surface area contributed by atoms with Crippen LogP contribution in [0.25, 0.3) is 0 Å². The fourth-order valence-corrected chi connectivity index (χ4v) is 3.12. The van der Waals surface area contributed by atoms with Gasteiger partial charge in [0.05, 0.1) is 0 Å². The van der Waals surface area contributed by atoms with Crippen LogP contribution >= 0.6 is 15.9 Å². The van der Waals surface area contributed by atoms with Crippen LogP contribution in [0.5, 0.6) is 0 Å². The highest BCUT2D eigenvalue weighted by Crippen LogP contribution is 2.48. The molecule has 0 aliphatic heterocycles. The molecule has 0 aromatic heterocycles. The zero-order chi connectivity index (χ0) is 13.9. The molecule has 1 amide bonds. The van der Waals surface area contributed by atoms with Crippen molar-refractivity contribution in [3.63, 3.8) is 0 Å². The van der Waals surface area contributed by atoms with Gasteiger partial charge in [0, 0.05) is 17.4 Å². The van der Waals surface area contributed by atoms with Gasteiger partial charge in [-0.3, -0.25) is 4.79 Å². The Labute approximate surface area is 124 Å². The van der Waals surface area contributed by atoms with Gasteiger partial charge in [-0.25, -0.2) is 0 Å². The summed E-state index contributed by atoms with van der Waals surface area (Å²) in [5.41, 5.74) is 2.41. The van der Waals surface area contributed by atoms with Crippen LogP contribution in [0, 0.1) is 5.41 Å². The summed E-state index contributed by atoms with van der Waals surface area (Å²) in [5, 5.41) is 4.10. The summed E-state index contributed by atoms with van der Waals surface area (Å²) in [6.07, 6.45) is 3.63. The second-order valence-electron chi connectivity index (χ2n) is 5.90. The number of nitrogens with one attached hydrogen (secondary N) is 1. The number of rotatable bonds is 6. The molecular formula is C16H22BrNO. The fraction of sp³-hybridized carbons (Fsp3) is 0.562. The first-order valence-electron chi connectivity index (χ1n) is 7.00. The van der Waals surface area contributed by atoms with Crippen LogP contribution < -0.4 is 5.32 Å². The van der Waals surface area contributed by atoms with Crippen molar-refractivity contribution < 1.29 is 4.79 Å². The van der Waals surface area contributed by atoms with Gasteiger partial charge in [0.2, 0.25) is 0 Å². The molecule has 1 aromatic carbocycles. The Bertz CT molecular complexity index is 435. The molecule has 104 valence electrons. The third-order valence-corrected chi connectivity index (χ3v) is 4.44. The average Bonchev–Trinajstić information content (AvgIpc) is 3.17. The van der Waals surface area contributed by atoms with Crippen LogP contribution in [0.1, 0.15) is 54.9 Å². The molecule has 1 N–H and O–H groups in total. The highest BCUT2D eigenvalue weighted by atomic mass is 79.9. The van der Waals surface area contributed by atoms with Gasteiger partial charge < -0.3 is 5.32 Å². The Kier molecular flexibility index (Phi) is 4.67. The van der Waals surface area contributed by atoms with E-state index in [9.17, 15) is 4.79 Å². The molecule has 0 atom stereocenters. The van der Waals surface area contributed by atoms with Crippen LogP contribution in [-0.4, -0.2) is 17.8 Å². The number of carbonyl (C=O) groups is 1. The number of benzene rings is 1. The highest BCUT2D eigenvalue weighted by molar-refractivity contribution is 9.09. The van der Waals surface area contributed by atoms with Crippen molar-refractivity contribution in [2.24, 2.45) is 5.41 Å². The molecule has 3 heteroatoms. The van der Waals surface area contributed by atoms with Crippen molar-refractivity contribution in [3.8, 4) is 0 Å². The molecule has 2 nitrogen and oxygen atoms in total. The monoisotopic (exact) mass is 323 g/mol. The second kappa shape index (κ2) is 6.08. The molecule has 0 bridgehead atoms. The molecule has 0 unspecified atom stereocenters. The molecule has 0 radical (unpaired) electrons. The predicted octanol–water partition coefficient (Wildman–Crippen LogP) is 4.11. The summed E-state index contributed by atoms with van der Waals surface area (Å²) < 4.78 is 0. The van der Waals surface area contributed by atoms with Gasteiger partial charge in [-0.05, 0) is 48.3 Å². The quantitative estimate of drug-likeness (QED) is 0.784. The van der Waals surface area contributed by atoms with Crippen LogP contribution in [0.4, 0.5) is 0 Å². The number of carbonyl (C=O) groups excluding carboxylic acids is 1. The minimum absolute atomic E-state index is 0.0520. The van der Waals surface area contributed by atoms with Crippen molar-refractivity contribution >= 4 is 21.8 Å². The standard InChI is InChI=1S/C16H22BrNO/c1-12(2)13-3-5-14(6-4-13)15(19)18-11-16(7-8-16)9-10-17/h3-6,12H,7-11H2,1-2H3,(H,18,19).